The summed E-state index contributed by atoms with van der Waals surface area (Å²) in [5, 5.41) is 6.48. The van der Waals surface area contributed by atoms with E-state index in [2.05, 4.69) is 40.7 Å². The number of anilines is 2. The fourth-order valence-electron chi connectivity index (χ4n) is 1.67. The molecular weight excluding hydrogens is 244 g/mol. The second-order valence-electron chi connectivity index (χ2n) is 4.50. The molecule has 1 aromatic rings. The Kier molecular flexibility index (Phi) is 6.86. The minimum absolute atomic E-state index is 0.641. The predicted molar refractivity (Wildman–Crippen MR) is 81.6 cm³/mol. The molecule has 0 aromatic carbocycles. The Labute approximate surface area is 114 Å². The molecule has 0 saturated heterocycles. The predicted octanol–water partition coefficient (Wildman–Crippen LogP) is 2.88. The lowest BCUT2D eigenvalue weighted by Crippen LogP contribution is -2.15. The highest BCUT2D eigenvalue weighted by Crippen LogP contribution is 2.13. The van der Waals surface area contributed by atoms with Crippen LogP contribution >= 0.6 is 11.8 Å². The molecular formula is C13H24N4S. The van der Waals surface area contributed by atoms with Gasteiger partial charge in [-0.25, -0.2) is 9.97 Å². The van der Waals surface area contributed by atoms with E-state index >= 15 is 0 Å². The second kappa shape index (κ2) is 8.19. The summed E-state index contributed by atoms with van der Waals surface area (Å²) in [6, 6.07) is 1.96. The molecule has 0 radical (unpaired) electrons. The smallest absolute Gasteiger partial charge is 0.133 e. The summed E-state index contributed by atoms with van der Waals surface area (Å²) in [4.78, 5) is 8.97. The van der Waals surface area contributed by atoms with Gasteiger partial charge in [0.1, 0.15) is 17.5 Å². The first-order valence-corrected chi connectivity index (χ1v) is 7.87. The molecule has 18 heavy (non-hydrogen) atoms. The van der Waals surface area contributed by atoms with Gasteiger partial charge in [0.2, 0.25) is 0 Å². The summed E-state index contributed by atoms with van der Waals surface area (Å²) in [5.74, 6) is 4.52. The van der Waals surface area contributed by atoms with Crippen molar-refractivity contribution in [1.29, 1.82) is 0 Å². The summed E-state index contributed by atoms with van der Waals surface area (Å²) in [5.41, 5.74) is 0. The third-order valence-electron chi connectivity index (χ3n) is 2.59. The number of nitrogens with one attached hydrogen (secondary N) is 2. The van der Waals surface area contributed by atoms with Crippen molar-refractivity contribution in [2.24, 2.45) is 5.92 Å². The van der Waals surface area contributed by atoms with Gasteiger partial charge in [-0.3, -0.25) is 0 Å². The first-order chi connectivity index (χ1) is 8.69. The van der Waals surface area contributed by atoms with E-state index in [4.69, 9.17) is 0 Å². The average Bonchev–Trinajstić information content (AvgIpc) is 2.37. The van der Waals surface area contributed by atoms with Crippen molar-refractivity contribution in [3.05, 3.63) is 11.9 Å². The standard InChI is InChI=1S/C13H24N4S/c1-5-6-11-16-12(14-3)7-13(17-11)15-8-10(2)9-18-4/h7,10H,5-6,8-9H2,1-4H3,(H2,14,15,16,17). The van der Waals surface area contributed by atoms with Crippen molar-refractivity contribution in [3.63, 3.8) is 0 Å². The van der Waals surface area contributed by atoms with E-state index in [1.54, 1.807) is 0 Å². The molecule has 0 bridgehead atoms. The summed E-state index contributed by atoms with van der Waals surface area (Å²) < 4.78 is 0. The number of rotatable bonds is 8. The lowest BCUT2D eigenvalue weighted by molar-refractivity contribution is 0.698. The zero-order chi connectivity index (χ0) is 13.4. The Balaban J connectivity index is 2.65. The van der Waals surface area contributed by atoms with Crippen molar-refractivity contribution in [2.45, 2.75) is 26.7 Å². The van der Waals surface area contributed by atoms with Crippen molar-refractivity contribution < 1.29 is 0 Å². The molecule has 5 heteroatoms. The largest absolute Gasteiger partial charge is 0.373 e. The number of thioether (sulfide) groups is 1. The molecule has 0 amide bonds. The fourth-order valence-corrected chi connectivity index (χ4v) is 2.36. The Morgan fingerprint density at radius 3 is 2.67 bits per heavy atom. The van der Waals surface area contributed by atoms with Gasteiger partial charge in [-0.2, -0.15) is 11.8 Å². The lowest BCUT2D eigenvalue weighted by atomic mass is 10.2. The molecule has 0 fully saturated rings. The normalized spacial score (nSPS) is 12.2. The first-order valence-electron chi connectivity index (χ1n) is 6.48. The summed E-state index contributed by atoms with van der Waals surface area (Å²) in [6.07, 6.45) is 4.12. The van der Waals surface area contributed by atoms with E-state index in [1.807, 2.05) is 24.9 Å². The van der Waals surface area contributed by atoms with Crippen LogP contribution in [-0.4, -0.2) is 35.6 Å². The molecule has 4 nitrogen and oxygen atoms in total. The van der Waals surface area contributed by atoms with Gasteiger partial charge in [-0.1, -0.05) is 13.8 Å². The molecule has 1 rings (SSSR count). The van der Waals surface area contributed by atoms with Crippen LogP contribution < -0.4 is 10.6 Å². The van der Waals surface area contributed by atoms with E-state index in [9.17, 15) is 0 Å². The number of nitrogens with zero attached hydrogens (tertiary/aromatic N) is 2. The van der Waals surface area contributed by atoms with Crippen LogP contribution in [0.1, 0.15) is 26.1 Å². The fraction of sp³-hybridized carbons (Fsp3) is 0.692. The number of hydrogen-bond donors (Lipinski definition) is 2. The van der Waals surface area contributed by atoms with Crippen molar-refractivity contribution >= 4 is 23.4 Å². The summed E-state index contributed by atoms with van der Waals surface area (Å²) >= 11 is 1.88. The van der Waals surface area contributed by atoms with Gasteiger partial charge < -0.3 is 10.6 Å². The topological polar surface area (TPSA) is 49.8 Å². The molecule has 0 aliphatic carbocycles. The van der Waals surface area contributed by atoms with E-state index < -0.39 is 0 Å². The molecule has 0 aliphatic heterocycles. The van der Waals surface area contributed by atoms with Crippen LogP contribution in [0, 0.1) is 5.92 Å². The van der Waals surface area contributed by atoms with E-state index in [-0.39, 0.29) is 0 Å². The highest BCUT2D eigenvalue weighted by Gasteiger charge is 2.05. The molecule has 0 spiro atoms. The maximum absolute atomic E-state index is 4.53. The van der Waals surface area contributed by atoms with Crippen LogP contribution in [-0.2, 0) is 6.42 Å². The van der Waals surface area contributed by atoms with Gasteiger partial charge in [-0.15, -0.1) is 0 Å². The van der Waals surface area contributed by atoms with Gasteiger partial charge in [-0.05, 0) is 24.3 Å². The summed E-state index contributed by atoms with van der Waals surface area (Å²) in [7, 11) is 1.89. The van der Waals surface area contributed by atoms with Crippen LogP contribution in [0.25, 0.3) is 0 Å². The van der Waals surface area contributed by atoms with Gasteiger partial charge in [0, 0.05) is 26.1 Å². The van der Waals surface area contributed by atoms with Crippen LogP contribution in [0.4, 0.5) is 11.6 Å². The highest BCUT2D eigenvalue weighted by atomic mass is 32.2. The summed E-state index contributed by atoms with van der Waals surface area (Å²) in [6.45, 7) is 5.34. The van der Waals surface area contributed by atoms with Gasteiger partial charge in [0.05, 0.1) is 0 Å². The van der Waals surface area contributed by atoms with Crippen LogP contribution in [0.2, 0.25) is 0 Å². The Morgan fingerprint density at radius 1 is 1.33 bits per heavy atom. The molecule has 1 heterocycles. The van der Waals surface area contributed by atoms with Gasteiger partial charge >= 0.3 is 0 Å². The molecule has 0 aliphatic rings. The monoisotopic (exact) mass is 268 g/mol. The van der Waals surface area contributed by atoms with Crippen LogP contribution in [0.15, 0.2) is 6.07 Å². The van der Waals surface area contributed by atoms with E-state index in [0.29, 0.717) is 5.92 Å². The van der Waals surface area contributed by atoms with Gasteiger partial charge in [0.25, 0.3) is 0 Å². The van der Waals surface area contributed by atoms with Gasteiger partial charge in [0.15, 0.2) is 0 Å². The number of aryl methyl sites for hydroxylation is 1. The van der Waals surface area contributed by atoms with Crippen LogP contribution in [0.3, 0.4) is 0 Å². The maximum atomic E-state index is 4.53. The molecule has 1 unspecified atom stereocenters. The maximum Gasteiger partial charge on any atom is 0.133 e. The third kappa shape index (κ3) is 5.12. The minimum atomic E-state index is 0.641. The lowest BCUT2D eigenvalue weighted by Gasteiger charge is -2.13. The number of hydrogen-bond acceptors (Lipinski definition) is 5. The molecule has 0 saturated carbocycles. The minimum Gasteiger partial charge on any atom is -0.373 e. The average molecular weight is 268 g/mol. The third-order valence-corrected chi connectivity index (χ3v) is 3.49. The Morgan fingerprint density at radius 2 is 2.06 bits per heavy atom. The highest BCUT2D eigenvalue weighted by molar-refractivity contribution is 7.98. The van der Waals surface area contributed by atoms with Crippen molar-refractivity contribution in [1.82, 2.24) is 9.97 Å². The first kappa shape index (κ1) is 15.1. The van der Waals surface area contributed by atoms with Crippen LogP contribution in [0.5, 0.6) is 0 Å². The zero-order valence-corrected chi connectivity index (χ0v) is 12.6. The van der Waals surface area contributed by atoms with E-state index in [1.165, 1.54) is 5.75 Å². The van der Waals surface area contributed by atoms with E-state index in [0.717, 1.165) is 36.8 Å². The quantitative estimate of drug-likeness (QED) is 0.759. The molecule has 102 valence electrons. The molecule has 1 aromatic heterocycles. The SMILES string of the molecule is CCCc1nc(NC)cc(NCC(C)CSC)n1. The number of aromatic nitrogens is 2. The van der Waals surface area contributed by atoms with Crippen molar-refractivity contribution in [2.75, 3.05) is 36.2 Å². The zero-order valence-electron chi connectivity index (χ0n) is 11.8. The Bertz CT molecular complexity index is 357. The van der Waals surface area contributed by atoms with Crippen molar-refractivity contribution in [3.8, 4) is 0 Å². The molecule has 1 atom stereocenters. The molecule has 2 N–H and O–H groups in total. The second-order valence-corrected chi connectivity index (χ2v) is 5.41. The Hall–Kier alpha value is -0.970.